The lowest BCUT2D eigenvalue weighted by molar-refractivity contribution is 1.16. The van der Waals surface area contributed by atoms with Crippen LogP contribution in [-0.2, 0) is 6.54 Å². The van der Waals surface area contributed by atoms with Crippen molar-refractivity contribution in [3.05, 3.63) is 50.6 Å². The minimum absolute atomic E-state index is 0.408. The van der Waals surface area contributed by atoms with Gasteiger partial charge < -0.3 is 11.1 Å². The highest BCUT2D eigenvalue weighted by Crippen LogP contribution is 2.22. The summed E-state index contributed by atoms with van der Waals surface area (Å²) in [6.45, 7) is 0.773. The lowest BCUT2D eigenvalue weighted by Crippen LogP contribution is -2.13. The molecule has 0 saturated carbocycles. The van der Waals surface area contributed by atoms with E-state index in [1.807, 2.05) is 18.2 Å². The Bertz CT molecular complexity index is 523. The molecule has 0 unspecified atom stereocenters. The Labute approximate surface area is 118 Å². The topological polar surface area (TPSA) is 38.0 Å². The van der Waals surface area contributed by atoms with E-state index in [4.69, 9.17) is 18.0 Å². The molecular formula is C12H11BrN2S2. The number of hydrogen-bond acceptors (Lipinski definition) is 3. The zero-order chi connectivity index (χ0) is 12.3. The standard InChI is InChI=1S/C12H11BrN2S2/c13-9-1-2-10(12(14)16)11(5-9)15-6-8-3-4-17-7-8/h1-5,7,15H,6H2,(H2,14,16). The number of anilines is 1. The van der Waals surface area contributed by atoms with Gasteiger partial charge in [-0.05, 0) is 40.6 Å². The molecule has 88 valence electrons. The normalized spacial score (nSPS) is 10.2. The first kappa shape index (κ1) is 12.5. The van der Waals surface area contributed by atoms with Gasteiger partial charge in [0.25, 0.3) is 0 Å². The Morgan fingerprint density at radius 3 is 2.88 bits per heavy atom. The van der Waals surface area contributed by atoms with E-state index < -0.39 is 0 Å². The third-order valence-corrected chi connectivity index (χ3v) is 3.76. The Morgan fingerprint density at radius 1 is 1.41 bits per heavy atom. The summed E-state index contributed by atoms with van der Waals surface area (Å²) >= 11 is 10.2. The van der Waals surface area contributed by atoms with Gasteiger partial charge in [0.15, 0.2) is 0 Å². The average Bonchev–Trinajstić information content (AvgIpc) is 2.78. The molecular weight excluding hydrogens is 316 g/mol. The van der Waals surface area contributed by atoms with Crippen molar-refractivity contribution in [1.82, 2.24) is 0 Å². The second-order valence-electron chi connectivity index (χ2n) is 3.54. The number of thiocarbonyl (C=S) groups is 1. The predicted octanol–water partition coefficient (Wildman–Crippen LogP) is 3.76. The molecule has 17 heavy (non-hydrogen) atoms. The maximum Gasteiger partial charge on any atom is 0.106 e. The highest BCUT2D eigenvalue weighted by atomic mass is 79.9. The molecule has 0 amide bonds. The molecule has 1 aromatic carbocycles. The molecule has 0 aliphatic heterocycles. The zero-order valence-electron chi connectivity index (χ0n) is 8.94. The average molecular weight is 327 g/mol. The molecule has 2 rings (SSSR count). The fraction of sp³-hybridized carbons (Fsp3) is 0.0833. The summed E-state index contributed by atoms with van der Waals surface area (Å²) in [5.74, 6) is 0. The predicted molar refractivity (Wildman–Crippen MR) is 81.7 cm³/mol. The van der Waals surface area contributed by atoms with Crippen LogP contribution in [0.1, 0.15) is 11.1 Å². The molecule has 0 radical (unpaired) electrons. The SMILES string of the molecule is NC(=S)c1ccc(Br)cc1NCc1ccsc1. The molecule has 1 heterocycles. The minimum Gasteiger partial charge on any atom is -0.389 e. The van der Waals surface area contributed by atoms with Crippen molar-refractivity contribution in [2.75, 3.05) is 5.32 Å². The third-order valence-electron chi connectivity index (χ3n) is 2.31. The van der Waals surface area contributed by atoms with E-state index in [-0.39, 0.29) is 0 Å². The molecule has 1 aromatic heterocycles. The fourth-order valence-corrected chi connectivity index (χ4v) is 2.68. The van der Waals surface area contributed by atoms with Crippen molar-refractivity contribution >= 4 is 50.2 Å². The highest BCUT2D eigenvalue weighted by molar-refractivity contribution is 9.10. The van der Waals surface area contributed by atoms with Crippen molar-refractivity contribution < 1.29 is 0 Å². The molecule has 0 bridgehead atoms. The molecule has 2 aromatic rings. The Morgan fingerprint density at radius 2 is 2.24 bits per heavy atom. The number of rotatable bonds is 4. The maximum absolute atomic E-state index is 5.69. The van der Waals surface area contributed by atoms with Crippen LogP contribution in [-0.4, -0.2) is 4.99 Å². The lowest BCUT2D eigenvalue weighted by Gasteiger charge is -2.11. The number of nitrogens with two attached hydrogens (primary N) is 1. The summed E-state index contributed by atoms with van der Waals surface area (Å²) in [5, 5.41) is 7.53. The van der Waals surface area contributed by atoms with Crippen LogP contribution in [0.15, 0.2) is 39.5 Å². The van der Waals surface area contributed by atoms with E-state index in [2.05, 4.69) is 38.1 Å². The van der Waals surface area contributed by atoms with Crippen LogP contribution in [0, 0.1) is 0 Å². The van der Waals surface area contributed by atoms with Gasteiger partial charge in [-0.1, -0.05) is 28.1 Å². The van der Waals surface area contributed by atoms with Crippen LogP contribution in [0.5, 0.6) is 0 Å². The Kier molecular flexibility index (Phi) is 4.15. The summed E-state index contributed by atoms with van der Waals surface area (Å²) in [5.41, 5.74) is 8.78. The first-order chi connectivity index (χ1) is 8.16. The summed E-state index contributed by atoms with van der Waals surface area (Å²) < 4.78 is 1.00. The molecule has 0 aliphatic carbocycles. The molecule has 0 spiro atoms. The zero-order valence-corrected chi connectivity index (χ0v) is 12.2. The van der Waals surface area contributed by atoms with Crippen LogP contribution in [0.25, 0.3) is 0 Å². The van der Waals surface area contributed by atoms with Crippen molar-refractivity contribution in [2.45, 2.75) is 6.54 Å². The van der Waals surface area contributed by atoms with Crippen LogP contribution in [0.2, 0.25) is 0 Å². The van der Waals surface area contributed by atoms with Crippen LogP contribution in [0.3, 0.4) is 0 Å². The smallest absolute Gasteiger partial charge is 0.106 e. The number of benzene rings is 1. The molecule has 0 saturated heterocycles. The van der Waals surface area contributed by atoms with Gasteiger partial charge in [-0.2, -0.15) is 11.3 Å². The van der Waals surface area contributed by atoms with E-state index in [0.717, 1.165) is 22.3 Å². The minimum atomic E-state index is 0.408. The van der Waals surface area contributed by atoms with Gasteiger partial charge >= 0.3 is 0 Å². The summed E-state index contributed by atoms with van der Waals surface area (Å²) in [6, 6.07) is 7.93. The molecule has 3 N–H and O–H groups in total. The fourth-order valence-electron chi connectivity index (χ4n) is 1.47. The second-order valence-corrected chi connectivity index (χ2v) is 5.67. The third kappa shape index (κ3) is 3.28. The lowest BCUT2D eigenvalue weighted by atomic mass is 10.1. The van der Waals surface area contributed by atoms with Gasteiger partial charge in [0.2, 0.25) is 0 Å². The number of hydrogen-bond donors (Lipinski definition) is 2. The van der Waals surface area contributed by atoms with Crippen LogP contribution >= 0.6 is 39.5 Å². The molecule has 2 nitrogen and oxygen atoms in total. The highest BCUT2D eigenvalue weighted by Gasteiger charge is 2.05. The van der Waals surface area contributed by atoms with Crippen LogP contribution in [0.4, 0.5) is 5.69 Å². The van der Waals surface area contributed by atoms with Gasteiger partial charge in [-0.3, -0.25) is 0 Å². The molecule has 0 atom stereocenters. The van der Waals surface area contributed by atoms with Crippen molar-refractivity contribution in [2.24, 2.45) is 5.73 Å². The molecule has 0 fully saturated rings. The number of halogens is 1. The quantitative estimate of drug-likeness (QED) is 0.840. The van der Waals surface area contributed by atoms with Crippen molar-refractivity contribution in [3.8, 4) is 0 Å². The number of nitrogens with one attached hydrogen (secondary N) is 1. The maximum atomic E-state index is 5.69. The van der Waals surface area contributed by atoms with Crippen molar-refractivity contribution in [3.63, 3.8) is 0 Å². The van der Waals surface area contributed by atoms with E-state index in [9.17, 15) is 0 Å². The summed E-state index contributed by atoms with van der Waals surface area (Å²) in [6.07, 6.45) is 0. The summed E-state index contributed by atoms with van der Waals surface area (Å²) in [4.78, 5) is 0.408. The van der Waals surface area contributed by atoms with Crippen LogP contribution < -0.4 is 11.1 Å². The largest absolute Gasteiger partial charge is 0.389 e. The van der Waals surface area contributed by atoms with E-state index in [0.29, 0.717) is 4.99 Å². The second kappa shape index (κ2) is 5.62. The first-order valence-corrected chi connectivity index (χ1v) is 7.15. The van der Waals surface area contributed by atoms with E-state index in [1.165, 1.54) is 5.56 Å². The summed E-state index contributed by atoms with van der Waals surface area (Å²) in [7, 11) is 0. The Balaban J connectivity index is 2.19. The monoisotopic (exact) mass is 326 g/mol. The molecule has 5 heteroatoms. The van der Waals surface area contributed by atoms with Gasteiger partial charge in [0.05, 0.1) is 0 Å². The number of thiophene rings is 1. The van der Waals surface area contributed by atoms with Gasteiger partial charge in [0.1, 0.15) is 4.99 Å². The first-order valence-electron chi connectivity index (χ1n) is 5.01. The van der Waals surface area contributed by atoms with Gasteiger partial charge in [0, 0.05) is 22.3 Å². The van der Waals surface area contributed by atoms with E-state index in [1.54, 1.807) is 11.3 Å². The van der Waals surface area contributed by atoms with Crippen molar-refractivity contribution in [1.29, 1.82) is 0 Å². The molecule has 0 aliphatic rings. The van der Waals surface area contributed by atoms with Gasteiger partial charge in [-0.25, -0.2) is 0 Å². The van der Waals surface area contributed by atoms with E-state index >= 15 is 0 Å². The van der Waals surface area contributed by atoms with Gasteiger partial charge in [-0.15, -0.1) is 0 Å². The Hall–Kier alpha value is -0.910.